The van der Waals surface area contributed by atoms with Crippen molar-refractivity contribution >= 4 is 49.8 Å². The van der Waals surface area contributed by atoms with Crippen molar-refractivity contribution in [2.75, 3.05) is 31.9 Å². The van der Waals surface area contributed by atoms with Crippen LogP contribution >= 0.6 is 11.8 Å². The smallest absolute Gasteiger partial charge is 0.243 e. The third kappa shape index (κ3) is 3.88. The minimum atomic E-state index is -3.57. The summed E-state index contributed by atoms with van der Waals surface area (Å²) in [5, 5.41) is 9.46. The number of nitrogens with zero attached hydrogens (tertiary/aromatic N) is 5. The zero-order chi connectivity index (χ0) is 21.3. The molecule has 1 N–H and O–H groups in total. The molecule has 3 heterocycles. The van der Waals surface area contributed by atoms with Crippen LogP contribution in [0.3, 0.4) is 0 Å². The average molecular weight is 449 g/mol. The maximum absolute atomic E-state index is 12.8. The van der Waals surface area contributed by atoms with Gasteiger partial charge in [-0.2, -0.15) is 4.31 Å². The molecule has 3 aromatic rings. The number of likely N-dealkylation sites (tertiary alicyclic amines) is 1. The quantitative estimate of drug-likeness (QED) is 0.552. The average Bonchev–Trinajstić information content (AvgIpc) is 3.39. The lowest BCUT2D eigenvalue weighted by molar-refractivity contribution is -0.127. The normalized spacial score (nSPS) is 15.0. The second-order valence-electron chi connectivity index (χ2n) is 7.09. The number of rotatable bonds is 7. The largest absolute Gasteiger partial charge is 0.342 e. The number of benzene rings is 1. The minimum absolute atomic E-state index is 0.0871. The third-order valence-electron chi connectivity index (χ3n) is 5.29. The summed E-state index contributed by atoms with van der Waals surface area (Å²) < 4.78 is 27.1. The first-order chi connectivity index (χ1) is 14.4. The number of hydrogen-bond donors (Lipinski definition) is 1. The predicted molar refractivity (Wildman–Crippen MR) is 116 cm³/mol. The molecule has 1 saturated heterocycles. The van der Waals surface area contributed by atoms with Crippen molar-refractivity contribution in [3.05, 3.63) is 18.2 Å². The molecule has 1 aliphatic rings. The SMILES string of the molecule is CCN(CC)S(=O)(=O)c1ccc2[nH]c3nc(SCC(=O)N4CCCC4)nnc3c2c1. The van der Waals surface area contributed by atoms with E-state index >= 15 is 0 Å². The molecule has 0 bridgehead atoms. The number of carbonyl (C=O) groups excluding carboxylic acids is 1. The predicted octanol–water partition coefficient (Wildman–Crippen LogP) is 2.25. The number of amides is 1. The number of sulfonamides is 1. The summed E-state index contributed by atoms with van der Waals surface area (Å²) in [7, 11) is -3.57. The number of thioether (sulfide) groups is 1. The van der Waals surface area contributed by atoms with Crippen molar-refractivity contribution in [2.45, 2.75) is 36.7 Å². The molecule has 0 aliphatic carbocycles. The van der Waals surface area contributed by atoms with Crippen molar-refractivity contribution < 1.29 is 13.2 Å². The molecule has 0 radical (unpaired) electrons. The fourth-order valence-electron chi connectivity index (χ4n) is 3.65. The lowest BCUT2D eigenvalue weighted by Gasteiger charge is -2.18. The van der Waals surface area contributed by atoms with Crippen LogP contribution in [0.4, 0.5) is 0 Å². The third-order valence-corrected chi connectivity index (χ3v) is 8.16. The highest BCUT2D eigenvalue weighted by molar-refractivity contribution is 7.99. The lowest BCUT2D eigenvalue weighted by Crippen LogP contribution is -2.30. The molecule has 30 heavy (non-hydrogen) atoms. The number of aromatic amines is 1. The fourth-order valence-corrected chi connectivity index (χ4v) is 5.83. The summed E-state index contributed by atoms with van der Waals surface area (Å²) in [6.07, 6.45) is 2.11. The Kier molecular flexibility index (Phi) is 5.94. The summed E-state index contributed by atoms with van der Waals surface area (Å²) in [5.74, 6) is 0.365. The maximum atomic E-state index is 12.8. The second kappa shape index (κ2) is 8.48. The molecule has 0 spiro atoms. The first kappa shape index (κ1) is 21.0. The van der Waals surface area contributed by atoms with Crippen molar-refractivity contribution in [1.29, 1.82) is 0 Å². The zero-order valence-corrected chi connectivity index (χ0v) is 18.6. The first-order valence-electron chi connectivity index (χ1n) is 10.0. The van der Waals surface area contributed by atoms with Gasteiger partial charge >= 0.3 is 0 Å². The van der Waals surface area contributed by atoms with Gasteiger partial charge in [0.2, 0.25) is 21.1 Å². The molecule has 160 valence electrons. The number of H-pyrrole nitrogens is 1. The molecule has 1 aliphatic heterocycles. The van der Waals surface area contributed by atoms with E-state index in [-0.39, 0.29) is 16.6 Å². The Balaban J connectivity index is 1.61. The zero-order valence-electron chi connectivity index (χ0n) is 17.0. The summed E-state index contributed by atoms with van der Waals surface area (Å²) >= 11 is 1.26. The Labute approximate surface area is 179 Å². The number of nitrogens with one attached hydrogen (secondary N) is 1. The van der Waals surface area contributed by atoms with E-state index in [9.17, 15) is 13.2 Å². The van der Waals surface area contributed by atoms with Gasteiger partial charge < -0.3 is 9.88 Å². The van der Waals surface area contributed by atoms with Crippen molar-refractivity contribution in [1.82, 2.24) is 29.4 Å². The molecule has 1 aromatic carbocycles. The highest BCUT2D eigenvalue weighted by atomic mass is 32.2. The van der Waals surface area contributed by atoms with Crippen LogP contribution in [0.15, 0.2) is 28.3 Å². The molecule has 9 nitrogen and oxygen atoms in total. The highest BCUT2D eigenvalue weighted by Gasteiger charge is 2.23. The Bertz CT molecular complexity index is 1180. The monoisotopic (exact) mass is 448 g/mol. The molecule has 2 aromatic heterocycles. The number of aromatic nitrogens is 4. The van der Waals surface area contributed by atoms with Crippen LogP contribution in [-0.2, 0) is 14.8 Å². The Morgan fingerprint density at radius 1 is 1.20 bits per heavy atom. The Morgan fingerprint density at radius 2 is 1.93 bits per heavy atom. The van der Waals surface area contributed by atoms with E-state index in [0.717, 1.165) is 31.4 Å². The van der Waals surface area contributed by atoms with Crippen molar-refractivity contribution in [3.63, 3.8) is 0 Å². The number of carbonyl (C=O) groups is 1. The molecular formula is C19H24N6O3S2. The van der Waals surface area contributed by atoms with E-state index in [1.165, 1.54) is 16.1 Å². The molecule has 4 rings (SSSR count). The van der Waals surface area contributed by atoms with Crippen LogP contribution < -0.4 is 0 Å². The van der Waals surface area contributed by atoms with E-state index in [1.54, 1.807) is 18.2 Å². The summed E-state index contributed by atoms with van der Waals surface area (Å²) in [5.41, 5.74) is 1.77. The molecule has 11 heteroatoms. The van der Waals surface area contributed by atoms with Gasteiger partial charge in [-0.05, 0) is 31.0 Å². The molecule has 1 fully saturated rings. The van der Waals surface area contributed by atoms with E-state index < -0.39 is 10.0 Å². The van der Waals surface area contributed by atoms with Gasteiger partial charge in [0.1, 0.15) is 5.52 Å². The van der Waals surface area contributed by atoms with Gasteiger partial charge in [0.15, 0.2) is 5.65 Å². The van der Waals surface area contributed by atoms with Gasteiger partial charge in [-0.1, -0.05) is 25.6 Å². The van der Waals surface area contributed by atoms with E-state index in [0.29, 0.717) is 34.8 Å². The molecule has 1 amide bonds. The molecule has 0 atom stereocenters. The van der Waals surface area contributed by atoms with Gasteiger partial charge in [0, 0.05) is 37.1 Å². The lowest BCUT2D eigenvalue weighted by atomic mass is 10.2. The maximum Gasteiger partial charge on any atom is 0.243 e. The second-order valence-corrected chi connectivity index (χ2v) is 9.97. The van der Waals surface area contributed by atoms with Gasteiger partial charge in [0.25, 0.3) is 0 Å². The number of fused-ring (bicyclic) bond motifs is 3. The van der Waals surface area contributed by atoms with Crippen molar-refractivity contribution in [2.24, 2.45) is 0 Å². The van der Waals surface area contributed by atoms with E-state index in [1.807, 2.05) is 18.7 Å². The van der Waals surface area contributed by atoms with E-state index in [2.05, 4.69) is 20.2 Å². The topological polar surface area (TPSA) is 112 Å². The van der Waals surface area contributed by atoms with Crippen LogP contribution in [0.25, 0.3) is 22.1 Å². The van der Waals surface area contributed by atoms with E-state index in [4.69, 9.17) is 0 Å². The van der Waals surface area contributed by atoms with Gasteiger partial charge in [-0.15, -0.1) is 10.2 Å². The molecule has 0 unspecified atom stereocenters. The molecule has 0 saturated carbocycles. The highest BCUT2D eigenvalue weighted by Crippen LogP contribution is 2.27. The van der Waals surface area contributed by atoms with Crippen LogP contribution in [0, 0.1) is 0 Å². The Hall–Kier alpha value is -2.24. The van der Waals surface area contributed by atoms with Crippen LogP contribution in [0.1, 0.15) is 26.7 Å². The van der Waals surface area contributed by atoms with Crippen LogP contribution in [0.5, 0.6) is 0 Å². The summed E-state index contributed by atoms with van der Waals surface area (Å²) in [6, 6.07) is 4.92. The minimum Gasteiger partial charge on any atom is -0.342 e. The first-order valence-corrected chi connectivity index (χ1v) is 12.4. The van der Waals surface area contributed by atoms with Gasteiger partial charge in [-0.25, -0.2) is 13.4 Å². The summed E-state index contributed by atoms with van der Waals surface area (Å²) in [6.45, 7) is 6.07. The van der Waals surface area contributed by atoms with Gasteiger partial charge in [-0.3, -0.25) is 4.79 Å². The Morgan fingerprint density at radius 3 is 2.63 bits per heavy atom. The standard InChI is InChI=1S/C19H24N6O3S2/c1-3-25(4-2)30(27,28)13-7-8-15-14(11-13)17-18(20-15)21-19(23-22-17)29-12-16(26)24-9-5-6-10-24/h7-8,11H,3-6,9-10,12H2,1-2H3,(H,20,21,23). The van der Waals surface area contributed by atoms with Gasteiger partial charge in [0.05, 0.1) is 10.6 Å². The van der Waals surface area contributed by atoms with Crippen molar-refractivity contribution in [3.8, 4) is 0 Å². The fraction of sp³-hybridized carbons (Fsp3) is 0.474. The number of hydrogen-bond acceptors (Lipinski definition) is 7. The van der Waals surface area contributed by atoms with Crippen LogP contribution in [0.2, 0.25) is 0 Å². The molecular weight excluding hydrogens is 424 g/mol. The van der Waals surface area contributed by atoms with Crippen LogP contribution in [-0.4, -0.2) is 75.6 Å². The summed E-state index contributed by atoms with van der Waals surface area (Å²) in [4.78, 5) is 21.9.